The van der Waals surface area contributed by atoms with Crippen molar-refractivity contribution >= 4 is 46.1 Å². The van der Waals surface area contributed by atoms with Gasteiger partial charge in [-0.25, -0.2) is 14.2 Å². The first-order valence-electron chi connectivity index (χ1n) is 13.2. The summed E-state index contributed by atoms with van der Waals surface area (Å²) >= 11 is 12.7. The number of ether oxygens (including phenoxy) is 1. The van der Waals surface area contributed by atoms with Gasteiger partial charge in [-0.3, -0.25) is 4.79 Å². The zero-order valence-electron chi connectivity index (χ0n) is 22.7. The highest BCUT2D eigenvalue weighted by Gasteiger charge is 2.23. The molecule has 214 valence electrons. The number of aromatic amines is 1. The number of aromatic carboxylic acids is 1. The lowest BCUT2D eigenvalue weighted by atomic mass is 9.93. The first-order valence-corrected chi connectivity index (χ1v) is 13.9. The van der Waals surface area contributed by atoms with Crippen molar-refractivity contribution in [2.45, 2.75) is 25.8 Å². The third-order valence-corrected chi connectivity index (χ3v) is 7.53. The van der Waals surface area contributed by atoms with Gasteiger partial charge in [0, 0.05) is 38.9 Å². The molecule has 1 atom stereocenters. The minimum atomic E-state index is -1.23. The maximum atomic E-state index is 14.3. The van der Waals surface area contributed by atoms with E-state index in [2.05, 4.69) is 15.3 Å². The van der Waals surface area contributed by atoms with Crippen LogP contribution in [0.1, 0.15) is 52.1 Å². The van der Waals surface area contributed by atoms with E-state index in [4.69, 9.17) is 27.9 Å². The van der Waals surface area contributed by atoms with Crippen molar-refractivity contribution in [2.24, 2.45) is 0 Å². The number of H-pyrrole nitrogens is 1. The van der Waals surface area contributed by atoms with Crippen LogP contribution in [0.25, 0.3) is 33.5 Å². The molecular weight excluding hydrogens is 580 g/mol. The number of imidazole rings is 1. The minimum absolute atomic E-state index is 0.0473. The van der Waals surface area contributed by atoms with E-state index in [9.17, 15) is 19.1 Å². The van der Waals surface area contributed by atoms with E-state index < -0.39 is 17.7 Å². The van der Waals surface area contributed by atoms with E-state index >= 15 is 0 Å². The van der Waals surface area contributed by atoms with Gasteiger partial charge in [-0.15, -0.1) is 0 Å². The molecule has 0 saturated carbocycles. The van der Waals surface area contributed by atoms with Crippen molar-refractivity contribution in [3.05, 3.63) is 105 Å². The molecule has 1 aromatic heterocycles. The van der Waals surface area contributed by atoms with Crippen LogP contribution >= 0.6 is 23.2 Å². The lowest BCUT2D eigenvalue weighted by Crippen LogP contribution is -2.28. The number of carbonyl (C=O) groups excluding carboxylic acids is 1. The van der Waals surface area contributed by atoms with Crippen LogP contribution in [0.3, 0.4) is 0 Å². The van der Waals surface area contributed by atoms with Gasteiger partial charge >= 0.3 is 5.97 Å². The number of aromatic nitrogens is 2. The maximum absolute atomic E-state index is 14.3. The summed E-state index contributed by atoms with van der Waals surface area (Å²) < 4.78 is 19.4. The smallest absolute Gasteiger partial charge is 0.336 e. The van der Waals surface area contributed by atoms with Crippen LogP contribution in [0.4, 0.5) is 4.39 Å². The number of amides is 1. The summed E-state index contributed by atoms with van der Waals surface area (Å²) in [5.41, 5.74) is 3.07. The Morgan fingerprint density at radius 3 is 2.50 bits per heavy atom. The number of nitrogens with zero attached hydrogens (tertiary/aromatic N) is 1. The fourth-order valence-corrected chi connectivity index (χ4v) is 5.32. The molecule has 1 heterocycles. The average Bonchev–Trinajstić information content (AvgIpc) is 3.39. The fourth-order valence-electron chi connectivity index (χ4n) is 4.92. The van der Waals surface area contributed by atoms with Gasteiger partial charge in [0.2, 0.25) is 0 Å². The van der Waals surface area contributed by atoms with Crippen LogP contribution in [0, 0.1) is 5.82 Å². The Hall–Kier alpha value is -4.40. The lowest BCUT2D eigenvalue weighted by Gasteiger charge is -2.19. The predicted molar refractivity (Wildman–Crippen MR) is 162 cm³/mol. The molecule has 0 fully saturated rings. The fraction of sp³-hybridized carbons (Fsp3) is 0.156. The molecule has 0 saturated heterocycles. The summed E-state index contributed by atoms with van der Waals surface area (Å²) in [6.07, 6.45) is 1.51. The molecule has 0 aliphatic heterocycles. The molecule has 42 heavy (non-hydrogen) atoms. The average molecular weight is 606 g/mol. The lowest BCUT2D eigenvalue weighted by molar-refractivity contribution is 0.0697. The number of rotatable bonds is 9. The van der Waals surface area contributed by atoms with Crippen molar-refractivity contribution in [1.82, 2.24) is 15.3 Å². The zero-order valence-corrected chi connectivity index (χ0v) is 24.2. The monoisotopic (exact) mass is 605 g/mol. The Balaban J connectivity index is 1.55. The molecule has 0 aliphatic carbocycles. The van der Waals surface area contributed by atoms with Crippen LogP contribution in [-0.4, -0.2) is 34.1 Å². The van der Waals surface area contributed by atoms with E-state index in [1.54, 1.807) is 42.5 Å². The van der Waals surface area contributed by atoms with Gasteiger partial charge in [0.25, 0.3) is 5.91 Å². The molecule has 7 nitrogen and oxygen atoms in total. The third kappa shape index (κ3) is 5.82. The van der Waals surface area contributed by atoms with Crippen molar-refractivity contribution < 1.29 is 23.8 Å². The number of benzene rings is 4. The van der Waals surface area contributed by atoms with Gasteiger partial charge in [-0.2, -0.15) is 0 Å². The van der Waals surface area contributed by atoms with Gasteiger partial charge in [-0.05, 0) is 47.9 Å². The van der Waals surface area contributed by atoms with Gasteiger partial charge in [0.15, 0.2) is 11.6 Å². The third-order valence-electron chi connectivity index (χ3n) is 6.96. The molecule has 5 aromatic rings. The van der Waals surface area contributed by atoms with Crippen molar-refractivity contribution in [2.75, 3.05) is 7.11 Å². The molecule has 4 aromatic carbocycles. The summed E-state index contributed by atoms with van der Waals surface area (Å²) in [5, 5.41) is 14.1. The predicted octanol–water partition coefficient (Wildman–Crippen LogP) is 8.32. The summed E-state index contributed by atoms with van der Waals surface area (Å²) in [5.74, 6) is -1.79. The summed E-state index contributed by atoms with van der Waals surface area (Å²) in [6.45, 7) is 2.02. The molecular formula is C32H26Cl2FN3O4. The number of hydrogen-bond acceptors (Lipinski definition) is 4. The Bertz CT molecular complexity index is 1800. The molecule has 1 amide bonds. The topological polar surface area (TPSA) is 104 Å². The van der Waals surface area contributed by atoms with E-state index in [-0.39, 0.29) is 27.9 Å². The number of carboxylic acid groups (broad SMARTS) is 1. The van der Waals surface area contributed by atoms with Crippen LogP contribution < -0.4 is 10.1 Å². The number of carboxylic acids is 1. The summed E-state index contributed by atoms with van der Waals surface area (Å²) in [7, 11) is 1.37. The normalized spacial score (nSPS) is 11.8. The second-order valence-electron chi connectivity index (χ2n) is 9.68. The standard InChI is InChI=1S/C32H26Cl2FN3O4/c1-3-5-25(17-8-11-19(33)12-9-17)38-31(39)18-10-13-20(22(14-18)32(40)41)29-21(6-4-7-23(29)34)30-36-26-15-24(35)28(42-2)16-27(26)37-30/h4,6-16,25H,3,5H2,1-2H3,(H,36,37)(H,38,39)(H,40,41). The van der Waals surface area contributed by atoms with E-state index in [1.807, 2.05) is 19.1 Å². The number of carbonyl (C=O) groups is 2. The van der Waals surface area contributed by atoms with E-state index in [0.29, 0.717) is 45.0 Å². The number of methoxy groups -OCH3 is 1. The quantitative estimate of drug-likeness (QED) is 0.157. The second-order valence-corrected chi connectivity index (χ2v) is 10.5. The summed E-state index contributed by atoms with van der Waals surface area (Å²) in [6, 6.07) is 19.3. The van der Waals surface area contributed by atoms with E-state index in [1.165, 1.54) is 25.3 Å². The highest BCUT2D eigenvalue weighted by atomic mass is 35.5. The highest BCUT2D eigenvalue weighted by molar-refractivity contribution is 6.34. The van der Waals surface area contributed by atoms with Crippen molar-refractivity contribution in [3.63, 3.8) is 0 Å². The van der Waals surface area contributed by atoms with Crippen LogP contribution in [-0.2, 0) is 0 Å². The zero-order chi connectivity index (χ0) is 30.0. The van der Waals surface area contributed by atoms with Crippen LogP contribution in [0.2, 0.25) is 10.0 Å². The largest absolute Gasteiger partial charge is 0.494 e. The SMILES string of the molecule is CCCC(NC(=O)c1ccc(-c2c(Cl)cccc2-c2nc3cc(OC)c(F)cc3[nH]2)c(C(=O)O)c1)c1ccc(Cl)cc1. The molecule has 0 spiro atoms. The molecule has 3 N–H and O–H groups in total. The number of halogens is 3. The number of nitrogens with one attached hydrogen (secondary N) is 2. The summed E-state index contributed by atoms with van der Waals surface area (Å²) in [4.78, 5) is 33.5. The van der Waals surface area contributed by atoms with Crippen LogP contribution in [0.5, 0.6) is 5.75 Å². The number of fused-ring (bicyclic) bond motifs is 1. The Kier molecular flexibility index (Phi) is 8.47. The molecule has 0 radical (unpaired) electrons. The first kappa shape index (κ1) is 29.1. The Morgan fingerprint density at radius 1 is 1.05 bits per heavy atom. The minimum Gasteiger partial charge on any atom is -0.494 e. The maximum Gasteiger partial charge on any atom is 0.336 e. The van der Waals surface area contributed by atoms with Gasteiger partial charge in [0.05, 0.1) is 29.7 Å². The molecule has 0 aliphatic rings. The Morgan fingerprint density at radius 2 is 1.81 bits per heavy atom. The van der Waals surface area contributed by atoms with Gasteiger partial charge in [0.1, 0.15) is 5.82 Å². The molecule has 1 unspecified atom stereocenters. The molecule has 5 rings (SSSR count). The molecule has 10 heteroatoms. The molecule has 0 bridgehead atoms. The highest BCUT2D eigenvalue weighted by Crippen LogP contribution is 2.39. The van der Waals surface area contributed by atoms with Gasteiger partial charge in [-0.1, -0.05) is 66.9 Å². The van der Waals surface area contributed by atoms with Crippen molar-refractivity contribution in [3.8, 4) is 28.3 Å². The van der Waals surface area contributed by atoms with Crippen molar-refractivity contribution in [1.29, 1.82) is 0 Å². The van der Waals surface area contributed by atoms with Crippen LogP contribution in [0.15, 0.2) is 72.8 Å². The van der Waals surface area contributed by atoms with E-state index in [0.717, 1.165) is 12.0 Å². The van der Waals surface area contributed by atoms with Gasteiger partial charge < -0.3 is 20.1 Å². The number of hydrogen-bond donors (Lipinski definition) is 3. The first-order chi connectivity index (χ1) is 20.2. The Labute approximate surface area is 251 Å². The second kappa shape index (κ2) is 12.2.